The van der Waals surface area contributed by atoms with E-state index in [-0.39, 0.29) is 11.9 Å². The molecule has 0 spiro atoms. The van der Waals surface area contributed by atoms with Crippen LogP contribution in [0.15, 0.2) is 18.2 Å². The van der Waals surface area contributed by atoms with Crippen LogP contribution in [0.2, 0.25) is 0 Å². The summed E-state index contributed by atoms with van der Waals surface area (Å²) < 4.78 is 26.5. The molecule has 0 bridgehead atoms. The lowest BCUT2D eigenvalue weighted by Gasteiger charge is -2.23. The van der Waals surface area contributed by atoms with Crippen LogP contribution in [0.5, 0.6) is 0 Å². The predicted octanol–water partition coefficient (Wildman–Crippen LogP) is 2.57. The van der Waals surface area contributed by atoms with Gasteiger partial charge < -0.3 is 10.2 Å². The van der Waals surface area contributed by atoms with Gasteiger partial charge in [-0.05, 0) is 46.1 Å². The molecule has 0 amide bonds. The summed E-state index contributed by atoms with van der Waals surface area (Å²) in [5.74, 6) is -0.778. The lowest BCUT2D eigenvalue weighted by Crippen LogP contribution is -2.36. The molecule has 1 rings (SSSR count). The molecule has 1 aromatic rings. The Bertz CT molecular complexity index is 366. The van der Waals surface area contributed by atoms with Crippen LogP contribution in [0.25, 0.3) is 0 Å². The number of hydrogen-bond acceptors (Lipinski definition) is 2. The molecule has 1 N–H and O–H groups in total. The van der Waals surface area contributed by atoms with Crippen molar-refractivity contribution in [1.29, 1.82) is 0 Å². The highest BCUT2D eigenvalue weighted by molar-refractivity contribution is 5.21. The van der Waals surface area contributed by atoms with Gasteiger partial charge in [0.2, 0.25) is 0 Å². The second-order valence-corrected chi connectivity index (χ2v) is 4.61. The molecule has 0 aromatic heterocycles. The van der Waals surface area contributed by atoms with E-state index in [2.05, 4.69) is 17.1 Å². The van der Waals surface area contributed by atoms with Gasteiger partial charge in [0.1, 0.15) is 11.6 Å². The molecule has 0 saturated heterocycles. The molecule has 0 aliphatic rings. The van der Waals surface area contributed by atoms with Gasteiger partial charge in [-0.3, -0.25) is 0 Å². The topological polar surface area (TPSA) is 15.3 Å². The van der Waals surface area contributed by atoms with Gasteiger partial charge in [-0.15, -0.1) is 0 Å². The van der Waals surface area contributed by atoms with Gasteiger partial charge in [0.15, 0.2) is 0 Å². The zero-order valence-corrected chi connectivity index (χ0v) is 10.8. The van der Waals surface area contributed by atoms with Gasteiger partial charge in [0.05, 0.1) is 0 Å². The van der Waals surface area contributed by atoms with E-state index >= 15 is 0 Å². The first kappa shape index (κ1) is 14.1. The summed E-state index contributed by atoms with van der Waals surface area (Å²) >= 11 is 0. The van der Waals surface area contributed by atoms with Gasteiger partial charge in [-0.2, -0.15) is 0 Å². The van der Waals surface area contributed by atoms with E-state index in [1.54, 1.807) is 0 Å². The van der Waals surface area contributed by atoms with Crippen LogP contribution in [0.1, 0.15) is 25.5 Å². The maximum atomic E-state index is 13.5. The number of hydrogen-bond donors (Lipinski definition) is 1. The normalized spacial score (nSPS) is 15.0. The fraction of sp³-hybridized carbons (Fsp3) is 0.538. The van der Waals surface area contributed by atoms with Crippen molar-refractivity contribution in [2.24, 2.45) is 0 Å². The first-order valence-corrected chi connectivity index (χ1v) is 5.76. The lowest BCUT2D eigenvalue weighted by molar-refractivity contribution is 0.295. The first-order chi connectivity index (χ1) is 7.91. The third kappa shape index (κ3) is 4.06. The van der Waals surface area contributed by atoms with E-state index in [1.165, 1.54) is 6.07 Å². The highest BCUT2D eigenvalue weighted by atomic mass is 19.1. The van der Waals surface area contributed by atoms with Crippen LogP contribution in [0.4, 0.5) is 8.78 Å². The summed E-state index contributed by atoms with van der Waals surface area (Å²) in [6.45, 7) is 4.63. The van der Waals surface area contributed by atoms with Crippen LogP contribution in [0.3, 0.4) is 0 Å². The Morgan fingerprint density at radius 3 is 2.47 bits per heavy atom. The number of likely N-dealkylation sites (N-methyl/N-ethyl adjacent to an activating group) is 1. The second kappa shape index (κ2) is 6.07. The van der Waals surface area contributed by atoms with Gasteiger partial charge in [0, 0.05) is 24.2 Å². The SMILES string of the molecule is CC(NCC(C)N(C)C)c1cc(F)ccc1F. The Balaban J connectivity index is 2.63. The van der Waals surface area contributed by atoms with E-state index in [9.17, 15) is 8.78 Å². The van der Waals surface area contributed by atoms with Crippen molar-refractivity contribution in [3.05, 3.63) is 35.4 Å². The molecule has 96 valence electrons. The molecule has 2 unspecified atom stereocenters. The van der Waals surface area contributed by atoms with Crippen molar-refractivity contribution in [3.8, 4) is 0 Å². The van der Waals surface area contributed by atoms with Crippen LogP contribution < -0.4 is 5.32 Å². The molecule has 0 aliphatic heterocycles. The summed E-state index contributed by atoms with van der Waals surface area (Å²) in [7, 11) is 3.97. The van der Waals surface area contributed by atoms with Gasteiger partial charge in [-0.1, -0.05) is 0 Å². The Kier molecular flexibility index (Phi) is 5.02. The Hall–Kier alpha value is -1.00. The standard InChI is InChI=1S/C13H20F2N2/c1-9(17(3)4)8-16-10(2)12-7-11(14)5-6-13(12)15/h5-7,9-10,16H,8H2,1-4H3. The van der Waals surface area contributed by atoms with Crippen LogP contribution in [0, 0.1) is 11.6 Å². The van der Waals surface area contributed by atoms with Gasteiger partial charge in [-0.25, -0.2) is 8.78 Å². The molecule has 1 aromatic carbocycles. The summed E-state index contributed by atoms with van der Waals surface area (Å²) in [4.78, 5) is 2.07. The highest BCUT2D eigenvalue weighted by Crippen LogP contribution is 2.17. The monoisotopic (exact) mass is 242 g/mol. The zero-order valence-electron chi connectivity index (χ0n) is 10.8. The summed E-state index contributed by atoms with van der Waals surface area (Å²) in [6.07, 6.45) is 0. The number of halogens is 2. The lowest BCUT2D eigenvalue weighted by atomic mass is 10.1. The predicted molar refractivity (Wildman–Crippen MR) is 65.9 cm³/mol. The molecule has 0 aliphatic carbocycles. The summed E-state index contributed by atoms with van der Waals surface area (Å²) in [6, 6.07) is 3.68. The average molecular weight is 242 g/mol. The van der Waals surface area contributed by atoms with Crippen LogP contribution >= 0.6 is 0 Å². The highest BCUT2D eigenvalue weighted by Gasteiger charge is 2.13. The minimum atomic E-state index is -0.407. The minimum absolute atomic E-state index is 0.201. The smallest absolute Gasteiger partial charge is 0.128 e. The molecular formula is C13H20F2N2. The third-order valence-corrected chi connectivity index (χ3v) is 3.03. The molecule has 0 saturated carbocycles. The molecule has 2 nitrogen and oxygen atoms in total. The Morgan fingerprint density at radius 1 is 1.24 bits per heavy atom. The molecule has 4 heteroatoms. The maximum Gasteiger partial charge on any atom is 0.128 e. The molecule has 2 atom stereocenters. The van der Waals surface area contributed by atoms with Crippen molar-refractivity contribution in [1.82, 2.24) is 10.2 Å². The van der Waals surface area contributed by atoms with E-state index < -0.39 is 5.82 Å². The van der Waals surface area contributed by atoms with Crippen molar-refractivity contribution < 1.29 is 8.78 Å². The molecule has 17 heavy (non-hydrogen) atoms. The largest absolute Gasteiger partial charge is 0.309 e. The maximum absolute atomic E-state index is 13.5. The zero-order chi connectivity index (χ0) is 13.0. The number of nitrogens with zero attached hydrogens (tertiary/aromatic N) is 1. The van der Waals surface area contributed by atoms with Crippen LogP contribution in [-0.2, 0) is 0 Å². The molecular weight excluding hydrogens is 222 g/mol. The number of benzene rings is 1. The van der Waals surface area contributed by atoms with Crippen molar-refractivity contribution >= 4 is 0 Å². The molecule has 0 heterocycles. The van der Waals surface area contributed by atoms with Crippen LogP contribution in [-0.4, -0.2) is 31.6 Å². The van der Waals surface area contributed by atoms with E-state index in [1.807, 2.05) is 21.0 Å². The summed E-state index contributed by atoms with van der Waals surface area (Å²) in [5.41, 5.74) is 0.371. The fourth-order valence-electron chi connectivity index (χ4n) is 1.49. The van der Waals surface area contributed by atoms with Crippen molar-refractivity contribution in [3.63, 3.8) is 0 Å². The number of rotatable bonds is 5. The second-order valence-electron chi connectivity index (χ2n) is 4.61. The van der Waals surface area contributed by atoms with Crippen molar-refractivity contribution in [2.75, 3.05) is 20.6 Å². The Labute approximate surface area is 102 Å². The summed E-state index contributed by atoms with van der Waals surface area (Å²) in [5, 5.41) is 3.20. The minimum Gasteiger partial charge on any atom is -0.309 e. The average Bonchev–Trinajstić information content (AvgIpc) is 2.28. The van der Waals surface area contributed by atoms with Gasteiger partial charge in [0.25, 0.3) is 0 Å². The third-order valence-electron chi connectivity index (χ3n) is 3.03. The van der Waals surface area contributed by atoms with E-state index in [0.717, 1.165) is 18.7 Å². The van der Waals surface area contributed by atoms with Gasteiger partial charge >= 0.3 is 0 Å². The number of nitrogens with one attached hydrogen (secondary N) is 1. The fourth-order valence-corrected chi connectivity index (χ4v) is 1.49. The van der Waals surface area contributed by atoms with E-state index in [4.69, 9.17) is 0 Å². The Morgan fingerprint density at radius 2 is 1.88 bits per heavy atom. The van der Waals surface area contributed by atoms with E-state index in [0.29, 0.717) is 11.6 Å². The molecule has 0 radical (unpaired) electrons. The first-order valence-electron chi connectivity index (χ1n) is 5.76. The quantitative estimate of drug-likeness (QED) is 0.853. The van der Waals surface area contributed by atoms with Crippen molar-refractivity contribution in [2.45, 2.75) is 25.9 Å². The molecule has 0 fully saturated rings.